The van der Waals surface area contributed by atoms with E-state index in [1.807, 2.05) is 6.92 Å². The van der Waals surface area contributed by atoms with Gasteiger partial charge in [-0.2, -0.15) is 0 Å². The molecule has 0 aromatic heterocycles. The van der Waals surface area contributed by atoms with E-state index >= 15 is 0 Å². The van der Waals surface area contributed by atoms with Crippen molar-refractivity contribution in [2.75, 3.05) is 32.8 Å². The molecule has 9 heteroatoms. The van der Waals surface area contributed by atoms with E-state index in [0.29, 0.717) is 19.8 Å². The smallest absolute Gasteiger partial charge is 0.326 e. The predicted octanol–water partition coefficient (Wildman–Crippen LogP) is -1.67. The van der Waals surface area contributed by atoms with Gasteiger partial charge in [-0.1, -0.05) is 0 Å². The highest BCUT2D eigenvalue weighted by Gasteiger charge is 2.23. The number of nitrogens with two attached hydrogens (primary N) is 1. The lowest BCUT2D eigenvalue weighted by molar-refractivity contribution is -0.140. The molecule has 3 amide bonds. The molecule has 5 N–H and O–H groups in total. The zero-order valence-electron chi connectivity index (χ0n) is 12.0. The van der Waals surface area contributed by atoms with Crippen molar-refractivity contribution >= 4 is 17.9 Å². The summed E-state index contributed by atoms with van der Waals surface area (Å²) in [4.78, 5) is 35.5. The van der Waals surface area contributed by atoms with Crippen LogP contribution in [0.2, 0.25) is 0 Å². The number of hydrogen-bond donors (Lipinski definition) is 4. The highest BCUT2D eigenvalue weighted by molar-refractivity contribution is 5.87. The molecule has 0 saturated carbocycles. The van der Waals surface area contributed by atoms with Crippen LogP contribution >= 0.6 is 0 Å². The van der Waals surface area contributed by atoms with Crippen LogP contribution < -0.4 is 16.4 Å². The molecule has 0 radical (unpaired) electrons. The van der Waals surface area contributed by atoms with Crippen LogP contribution in [0.3, 0.4) is 0 Å². The first kappa shape index (κ1) is 17.2. The van der Waals surface area contributed by atoms with E-state index in [1.165, 1.54) is 0 Å². The number of carboxylic acid groups (broad SMARTS) is 1. The Morgan fingerprint density at radius 3 is 2.43 bits per heavy atom. The molecule has 0 aromatic carbocycles. The summed E-state index contributed by atoms with van der Waals surface area (Å²) < 4.78 is 5.23. The number of morpholine rings is 1. The van der Waals surface area contributed by atoms with Crippen molar-refractivity contribution in [3.63, 3.8) is 0 Å². The maximum atomic E-state index is 11.7. The van der Waals surface area contributed by atoms with Crippen LogP contribution in [0.1, 0.15) is 13.3 Å². The van der Waals surface area contributed by atoms with E-state index in [1.54, 1.807) is 0 Å². The Labute approximate surface area is 122 Å². The molecule has 0 aliphatic carbocycles. The van der Waals surface area contributed by atoms with Gasteiger partial charge in [0.15, 0.2) is 0 Å². The van der Waals surface area contributed by atoms with Crippen molar-refractivity contribution < 1.29 is 24.2 Å². The molecule has 1 rings (SSSR count). The third-order valence-corrected chi connectivity index (χ3v) is 3.02. The first-order valence-electron chi connectivity index (χ1n) is 6.76. The minimum atomic E-state index is -1.32. The van der Waals surface area contributed by atoms with Crippen LogP contribution in [-0.2, 0) is 14.3 Å². The molecule has 1 aliphatic rings. The van der Waals surface area contributed by atoms with Crippen LogP contribution in [0.5, 0.6) is 0 Å². The number of carbonyl (C=O) groups excluding carboxylic acids is 2. The van der Waals surface area contributed by atoms with Crippen LogP contribution in [0.25, 0.3) is 0 Å². The molecule has 0 spiro atoms. The van der Waals surface area contributed by atoms with Crippen molar-refractivity contribution in [3.05, 3.63) is 0 Å². The molecule has 1 saturated heterocycles. The van der Waals surface area contributed by atoms with Gasteiger partial charge in [-0.05, 0) is 6.92 Å². The SMILES string of the molecule is CC(CN1CCOCC1)NC(=O)NC(CC(N)=O)C(=O)O. The van der Waals surface area contributed by atoms with E-state index in [-0.39, 0.29) is 6.04 Å². The second-order valence-corrected chi connectivity index (χ2v) is 4.99. The fourth-order valence-electron chi connectivity index (χ4n) is 2.04. The normalized spacial score (nSPS) is 18.5. The van der Waals surface area contributed by atoms with E-state index in [4.69, 9.17) is 15.6 Å². The molecule has 2 atom stereocenters. The third kappa shape index (κ3) is 6.91. The summed E-state index contributed by atoms with van der Waals surface area (Å²) in [7, 11) is 0. The first-order chi connectivity index (χ1) is 9.88. The minimum absolute atomic E-state index is 0.161. The summed E-state index contributed by atoms with van der Waals surface area (Å²) in [6.45, 7) is 5.39. The number of ether oxygens (including phenoxy) is 1. The molecule has 1 heterocycles. The van der Waals surface area contributed by atoms with Crippen LogP contribution in [0.4, 0.5) is 4.79 Å². The summed E-state index contributed by atoms with van der Waals surface area (Å²) >= 11 is 0. The Kier molecular flexibility index (Phi) is 6.89. The second kappa shape index (κ2) is 8.42. The summed E-state index contributed by atoms with van der Waals surface area (Å²) in [6, 6.07) is -2.12. The Morgan fingerprint density at radius 1 is 1.29 bits per heavy atom. The molecule has 0 bridgehead atoms. The molecule has 1 fully saturated rings. The average molecular weight is 302 g/mol. The van der Waals surface area contributed by atoms with Gasteiger partial charge in [0.2, 0.25) is 5.91 Å². The van der Waals surface area contributed by atoms with E-state index in [9.17, 15) is 14.4 Å². The van der Waals surface area contributed by atoms with Gasteiger partial charge in [-0.25, -0.2) is 9.59 Å². The lowest BCUT2D eigenvalue weighted by atomic mass is 10.2. The van der Waals surface area contributed by atoms with E-state index in [2.05, 4.69) is 15.5 Å². The highest BCUT2D eigenvalue weighted by Crippen LogP contribution is 1.98. The molecular weight excluding hydrogens is 280 g/mol. The average Bonchev–Trinajstić information content (AvgIpc) is 2.38. The van der Waals surface area contributed by atoms with Crippen molar-refractivity contribution in [1.29, 1.82) is 0 Å². The van der Waals surface area contributed by atoms with Crippen molar-refractivity contribution in [2.45, 2.75) is 25.4 Å². The maximum Gasteiger partial charge on any atom is 0.326 e. The summed E-state index contributed by atoms with van der Waals surface area (Å²) in [6.07, 6.45) is -0.444. The number of rotatable bonds is 7. The number of carbonyl (C=O) groups is 3. The minimum Gasteiger partial charge on any atom is -0.480 e. The number of nitrogens with zero attached hydrogens (tertiary/aromatic N) is 1. The van der Waals surface area contributed by atoms with Crippen LogP contribution in [-0.4, -0.2) is 72.8 Å². The molecule has 21 heavy (non-hydrogen) atoms. The monoisotopic (exact) mass is 302 g/mol. The quantitative estimate of drug-likeness (QED) is 0.444. The van der Waals surface area contributed by atoms with Gasteiger partial charge < -0.3 is 26.2 Å². The van der Waals surface area contributed by atoms with E-state index < -0.39 is 30.4 Å². The third-order valence-electron chi connectivity index (χ3n) is 3.02. The molecule has 120 valence electrons. The maximum absolute atomic E-state index is 11.7. The standard InChI is InChI=1S/C12H22N4O5/c1-8(7-16-2-4-21-5-3-16)14-12(20)15-9(11(18)19)6-10(13)17/h8-9H,2-7H2,1H3,(H2,13,17)(H,18,19)(H2,14,15,20). The summed E-state index contributed by atoms with van der Waals surface area (Å²) in [5.41, 5.74) is 4.94. The number of amides is 3. The van der Waals surface area contributed by atoms with Gasteiger partial charge in [0.1, 0.15) is 6.04 Å². The first-order valence-corrected chi connectivity index (χ1v) is 6.76. The Balaban J connectivity index is 2.36. The Hall–Kier alpha value is -1.87. The number of nitrogens with one attached hydrogen (secondary N) is 2. The van der Waals surface area contributed by atoms with Gasteiger partial charge in [-0.3, -0.25) is 9.69 Å². The zero-order chi connectivity index (χ0) is 15.8. The lowest BCUT2D eigenvalue weighted by Gasteiger charge is -2.29. The van der Waals surface area contributed by atoms with Gasteiger partial charge in [0.25, 0.3) is 0 Å². The van der Waals surface area contributed by atoms with Crippen molar-refractivity contribution in [3.8, 4) is 0 Å². The zero-order valence-corrected chi connectivity index (χ0v) is 12.0. The molecule has 1 aliphatic heterocycles. The summed E-state index contributed by atoms with van der Waals surface area (Å²) in [5, 5.41) is 13.8. The topological polar surface area (TPSA) is 134 Å². The number of urea groups is 1. The fourth-order valence-corrected chi connectivity index (χ4v) is 2.04. The van der Waals surface area contributed by atoms with Crippen LogP contribution in [0, 0.1) is 0 Å². The van der Waals surface area contributed by atoms with Gasteiger partial charge in [-0.15, -0.1) is 0 Å². The fraction of sp³-hybridized carbons (Fsp3) is 0.750. The predicted molar refractivity (Wildman–Crippen MR) is 73.6 cm³/mol. The van der Waals surface area contributed by atoms with Crippen LogP contribution in [0.15, 0.2) is 0 Å². The number of hydrogen-bond acceptors (Lipinski definition) is 5. The lowest BCUT2D eigenvalue weighted by Crippen LogP contribution is -2.52. The summed E-state index contributed by atoms with van der Waals surface area (Å²) in [5.74, 6) is -2.09. The van der Waals surface area contributed by atoms with Gasteiger partial charge in [0.05, 0.1) is 19.6 Å². The van der Waals surface area contributed by atoms with Crippen molar-refractivity contribution in [2.24, 2.45) is 5.73 Å². The number of primary amides is 1. The molecule has 9 nitrogen and oxygen atoms in total. The largest absolute Gasteiger partial charge is 0.480 e. The van der Waals surface area contributed by atoms with E-state index in [0.717, 1.165) is 13.1 Å². The van der Waals surface area contributed by atoms with Crippen molar-refractivity contribution in [1.82, 2.24) is 15.5 Å². The Morgan fingerprint density at radius 2 is 1.90 bits per heavy atom. The number of carboxylic acids is 1. The number of aliphatic carboxylic acids is 1. The second-order valence-electron chi connectivity index (χ2n) is 4.99. The van der Waals surface area contributed by atoms with Gasteiger partial charge in [0, 0.05) is 25.7 Å². The molecule has 0 aromatic rings. The highest BCUT2D eigenvalue weighted by atomic mass is 16.5. The van der Waals surface area contributed by atoms with Gasteiger partial charge >= 0.3 is 12.0 Å². The molecular formula is C12H22N4O5. The molecule has 2 unspecified atom stereocenters. The Bertz CT molecular complexity index is 384.